The van der Waals surface area contributed by atoms with E-state index in [0.29, 0.717) is 0 Å². The Labute approximate surface area is 528 Å². The lowest BCUT2D eigenvalue weighted by Crippen LogP contribution is -2.61. The standard InChI is InChI=1S/C86H57BN4/c1-4-22-56(23-5-1)58-40-45-62(46-41-58)88-80-52-61(85-72-34-12-10-32-70(72)84(60-26-8-3-9-27-60)71-33-11-13-35-73(71)85)44-50-74(80)87-75-51-49-64(90-76-36-18-14-28-66(76)67-29-15-19-37-77(67)90)53-81(75)89(63-47-42-59(43-48-63)57-24-6-2-7-25-57)83-55-65(54-82(88)86(83)87)91-78-38-20-16-30-68(78)69-31-17-21-39-79(69)91/h1-20,22-38,40-55H,21,39H2. The molecule has 0 fully saturated rings. The molecular weight excluding hydrogens is 1100 g/mol. The summed E-state index contributed by atoms with van der Waals surface area (Å²) in [4.78, 5) is 5.21. The van der Waals surface area contributed by atoms with Crippen LogP contribution in [0.25, 0.3) is 116 Å². The Morgan fingerprint density at radius 1 is 0.275 bits per heavy atom. The molecule has 0 bridgehead atoms. The van der Waals surface area contributed by atoms with Gasteiger partial charge in [-0.3, -0.25) is 0 Å². The minimum absolute atomic E-state index is 0.155. The van der Waals surface area contributed by atoms with E-state index in [1.807, 2.05) is 0 Å². The fourth-order valence-corrected chi connectivity index (χ4v) is 15.8. The van der Waals surface area contributed by atoms with Gasteiger partial charge in [0.05, 0.1) is 16.6 Å². The van der Waals surface area contributed by atoms with Crippen molar-refractivity contribution in [2.75, 3.05) is 9.80 Å². The molecule has 4 heterocycles. The van der Waals surface area contributed by atoms with Crippen molar-refractivity contribution in [1.29, 1.82) is 0 Å². The smallest absolute Gasteiger partial charge is 0.252 e. The van der Waals surface area contributed by atoms with Crippen LogP contribution in [0.5, 0.6) is 0 Å². The maximum absolute atomic E-state index is 2.61. The van der Waals surface area contributed by atoms with Crippen LogP contribution in [-0.2, 0) is 6.42 Å². The Hall–Kier alpha value is -11.7. The van der Waals surface area contributed by atoms with Crippen LogP contribution in [-0.4, -0.2) is 15.8 Å². The van der Waals surface area contributed by atoms with E-state index in [9.17, 15) is 0 Å². The molecule has 0 saturated heterocycles. The summed E-state index contributed by atoms with van der Waals surface area (Å²) >= 11 is 0. The highest BCUT2D eigenvalue weighted by atomic mass is 15.2. The highest BCUT2D eigenvalue weighted by Gasteiger charge is 2.44. The van der Waals surface area contributed by atoms with Gasteiger partial charge < -0.3 is 18.9 Å². The van der Waals surface area contributed by atoms with Crippen LogP contribution in [0.15, 0.2) is 315 Å². The number of benzene rings is 14. The molecule has 424 valence electrons. The van der Waals surface area contributed by atoms with Crippen LogP contribution in [0.3, 0.4) is 0 Å². The third kappa shape index (κ3) is 7.90. The zero-order chi connectivity index (χ0) is 59.7. The topological polar surface area (TPSA) is 16.3 Å². The van der Waals surface area contributed by atoms with Gasteiger partial charge >= 0.3 is 0 Å². The van der Waals surface area contributed by atoms with Crippen molar-refractivity contribution in [3.63, 3.8) is 0 Å². The molecule has 0 spiro atoms. The molecule has 0 amide bonds. The molecule has 91 heavy (non-hydrogen) atoms. The lowest BCUT2D eigenvalue weighted by atomic mass is 9.33. The first kappa shape index (κ1) is 51.4. The van der Waals surface area contributed by atoms with Crippen LogP contribution in [0, 0.1) is 0 Å². The molecule has 0 saturated carbocycles. The lowest BCUT2D eigenvalue weighted by molar-refractivity contribution is 0.888. The van der Waals surface area contributed by atoms with E-state index in [4.69, 9.17) is 0 Å². The van der Waals surface area contributed by atoms with E-state index < -0.39 is 0 Å². The molecule has 0 unspecified atom stereocenters. The third-order valence-electron chi connectivity index (χ3n) is 19.7. The van der Waals surface area contributed by atoms with Crippen LogP contribution in [0.4, 0.5) is 34.1 Å². The summed E-state index contributed by atoms with van der Waals surface area (Å²) in [5.41, 5.74) is 28.7. The van der Waals surface area contributed by atoms with Gasteiger partial charge in [0.25, 0.3) is 6.71 Å². The SMILES string of the molecule is C1=Cc2c(n(-c3cc4c5c(c3)N(c3ccc(-c6ccccc6)cc3)c3cc(-n6c7ccccc7c7ccccc76)ccc3B5c3ccc(-c5c6ccccc6c(-c6ccccc6)c6ccccc56)cc3N4c3ccc(-c4ccccc4)cc3)c3ccccc23)CC1. The second-order valence-electron chi connectivity index (χ2n) is 24.6. The molecule has 3 aliphatic rings. The number of nitrogens with zero attached hydrogens (tertiary/aromatic N) is 4. The van der Waals surface area contributed by atoms with Crippen molar-refractivity contribution >= 4 is 118 Å². The predicted octanol–water partition coefficient (Wildman–Crippen LogP) is 20.7. The van der Waals surface area contributed by atoms with Crippen molar-refractivity contribution in [2.24, 2.45) is 0 Å². The van der Waals surface area contributed by atoms with E-state index in [1.54, 1.807) is 0 Å². The summed E-state index contributed by atoms with van der Waals surface area (Å²) in [5, 5.41) is 8.69. The number of aromatic nitrogens is 2. The van der Waals surface area contributed by atoms with Gasteiger partial charge in [0.15, 0.2) is 0 Å². The molecule has 14 aromatic carbocycles. The molecule has 0 radical (unpaired) electrons. The Bertz CT molecular complexity index is 5540. The van der Waals surface area contributed by atoms with Gasteiger partial charge in [-0.2, -0.15) is 0 Å². The fraction of sp³-hybridized carbons (Fsp3) is 0.0233. The Morgan fingerprint density at radius 2 is 0.659 bits per heavy atom. The van der Waals surface area contributed by atoms with Gasteiger partial charge in [-0.1, -0.05) is 249 Å². The van der Waals surface area contributed by atoms with Crippen LogP contribution in [0.2, 0.25) is 0 Å². The van der Waals surface area contributed by atoms with E-state index >= 15 is 0 Å². The molecule has 4 nitrogen and oxygen atoms in total. The van der Waals surface area contributed by atoms with Gasteiger partial charge in [0, 0.05) is 72.9 Å². The van der Waals surface area contributed by atoms with E-state index in [2.05, 4.69) is 340 Å². The summed E-state index contributed by atoms with van der Waals surface area (Å²) in [6.45, 7) is -0.155. The number of fused-ring (bicyclic) bond motifs is 12. The number of hydrogen-bond acceptors (Lipinski definition) is 2. The third-order valence-corrected chi connectivity index (χ3v) is 19.7. The number of para-hydroxylation sites is 3. The van der Waals surface area contributed by atoms with E-state index in [0.717, 1.165) is 58.3 Å². The molecule has 1 aliphatic carbocycles. The van der Waals surface area contributed by atoms with Crippen molar-refractivity contribution in [1.82, 2.24) is 9.13 Å². The predicted molar refractivity (Wildman–Crippen MR) is 386 cm³/mol. The van der Waals surface area contributed by atoms with Gasteiger partial charge in [0.1, 0.15) is 0 Å². The Kier molecular flexibility index (Phi) is 11.6. The number of rotatable bonds is 8. The van der Waals surface area contributed by atoms with Crippen LogP contribution in [0.1, 0.15) is 17.7 Å². The zero-order valence-electron chi connectivity index (χ0n) is 49.9. The second kappa shape index (κ2) is 20.5. The molecule has 16 aromatic rings. The molecule has 0 atom stereocenters. The molecule has 2 aromatic heterocycles. The fourth-order valence-electron chi connectivity index (χ4n) is 15.8. The number of hydrogen-bond donors (Lipinski definition) is 0. The normalized spacial score (nSPS) is 13.1. The maximum Gasteiger partial charge on any atom is 0.252 e. The number of anilines is 6. The second-order valence-corrected chi connectivity index (χ2v) is 24.6. The van der Waals surface area contributed by atoms with Gasteiger partial charge in [-0.25, -0.2) is 0 Å². The molecule has 0 N–H and O–H groups in total. The highest BCUT2D eigenvalue weighted by molar-refractivity contribution is 7.00. The summed E-state index contributed by atoms with van der Waals surface area (Å²) in [6.07, 6.45) is 6.63. The summed E-state index contributed by atoms with van der Waals surface area (Å²) in [6, 6.07) is 116. The maximum atomic E-state index is 2.61. The summed E-state index contributed by atoms with van der Waals surface area (Å²) in [7, 11) is 0. The Morgan fingerprint density at radius 3 is 1.19 bits per heavy atom. The highest BCUT2D eigenvalue weighted by Crippen LogP contribution is 2.50. The van der Waals surface area contributed by atoms with Gasteiger partial charge in [-0.05, 0) is 168 Å². The molecule has 19 rings (SSSR count). The first-order valence-electron chi connectivity index (χ1n) is 31.8. The van der Waals surface area contributed by atoms with Gasteiger partial charge in [0.2, 0.25) is 0 Å². The minimum Gasteiger partial charge on any atom is -0.313 e. The monoisotopic (exact) mass is 1160 g/mol. The quantitative estimate of drug-likeness (QED) is 0.111. The van der Waals surface area contributed by atoms with E-state index in [1.165, 1.54) is 126 Å². The average Bonchev–Trinajstić information content (AvgIpc) is 0.784. The van der Waals surface area contributed by atoms with Gasteiger partial charge in [-0.15, -0.1) is 0 Å². The first-order chi connectivity index (χ1) is 45.2. The first-order valence-corrected chi connectivity index (χ1v) is 31.8. The average molecular weight is 1160 g/mol. The van der Waals surface area contributed by atoms with Crippen LogP contribution < -0.4 is 26.2 Å². The molecule has 5 heteroatoms. The summed E-state index contributed by atoms with van der Waals surface area (Å²) < 4.78 is 5.07. The lowest BCUT2D eigenvalue weighted by Gasteiger charge is -2.45. The van der Waals surface area contributed by atoms with E-state index in [-0.39, 0.29) is 6.71 Å². The molecular formula is C86H57BN4. The molecule has 2 aliphatic heterocycles. The van der Waals surface area contributed by atoms with Crippen molar-refractivity contribution < 1.29 is 0 Å². The van der Waals surface area contributed by atoms with Crippen molar-refractivity contribution in [3.05, 3.63) is 327 Å². The summed E-state index contributed by atoms with van der Waals surface area (Å²) in [5.74, 6) is 0. The zero-order valence-corrected chi connectivity index (χ0v) is 49.9. The van der Waals surface area contributed by atoms with Crippen LogP contribution >= 0.6 is 0 Å². The van der Waals surface area contributed by atoms with Crippen molar-refractivity contribution in [2.45, 2.75) is 12.8 Å². The van der Waals surface area contributed by atoms with Crippen molar-refractivity contribution in [3.8, 4) is 55.9 Å². The number of allylic oxidation sites excluding steroid dienone is 1. The largest absolute Gasteiger partial charge is 0.313 e. The minimum atomic E-state index is -0.155. The Balaban J connectivity index is 0.930.